The second-order valence-electron chi connectivity index (χ2n) is 6.53. The smallest absolute Gasteiger partial charge is 0.247 e. The zero-order chi connectivity index (χ0) is 19.6. The van der Waals surface area contributed by atoms with Crippen molar-refractivity contribution < 1.29 is 13.2 Å². The van der Waals surface area contributed by atoms with Gasteiger partial charge in [0.15, 0.2) is 0 Å². The van der Waals surface area contributed by atoms with Crippen LogP contribution in [0.4, 0.5) is 11.4 Å². The highest BCUT2D eigenvalue weighted by Gasteiger charge is 2.29. The van der Waals surface area contributed by atoms with Crippen molar-refractivity contribution in [1.82, 2.24) is 0 Å². The predicted octanol–water partition coefficient (Wildman–Crippen LogP) is 4.17. The number of benzene rings is 2. The third-order valence-electron chi connectivity index (χ3n) is 3.97. The zero-order valence-electron chi connectivity index (χ0n) is 15.5. The van der Waals surface area contributed by atoms with Gasteiger partial charge in [0.1, 0.15) is 6.04 Å². The molecule has 2 aromatic rings. The number of anilines is 2. The first-order chi connectivity index (χ1) is 12.0. The van der Waals surface area contributed by atoms with E-state index in [1.54, 1.807) is 25.1 Å². The van der Waals surface area contributed by atoms with Crippen molar-refractivity contribution >= 4 is 43.2 Å². The number of carbonyl (C=O) groups is 1. The molecular weight excluding hydrogens is 416 g/mol. The van der Waals surface area contributed by atoms with Crippen LogP contribution in [0.5, 0.6) is 0 Å². The highest BCUT2D eigenvalue weighted by atomic mass is 79.9. The summed E-state index contributed by atoms with van der Waals surface area (Å²) in [4.78, 5) is 12.7. The Morgan fingerprint density at radius 1 is 1.08 bits per heavy atom. The minimum atomic E-state index is -3.64. The first-order valence-electron chi connectivity index (χ1n) is 8.14. The molecule has 0 heterocycles. The van der Waals surface area contributed by atoms with Crippen LogP contribution in [0.2, 0.25) is 0 Å². The number of nitrogens with zero attached hydrogens (tertiary/aromatic N) is 1. The average molecular weight is 439 g/mol. The summed E-state index contributed by atoms with van der Waals surface area (Å²) >= 11 is 3.42. The predicted molar refractivity (Wildman–Crippen MR) is 110 cm³/mol. The van der Waals surface area contributed by atoms with E-state index in [-0.39, 0.29) is 0 Å². The maximum Gasteiger partial charge on any atom is 0.247 e. The van der Waals surface area contributed by atoms with E-state index in [0.29, 0.717) is 11.4 Å². The third-order valence-corrected chi connectivity index (χ3v) is 6.11. The minimum absolute atomic E-state index is 0.392. The lowest BCUT2D eigenvalue weighted by Crippen LogP contribution is -2.45. The minimum Gasteiger partial charge on any atom is -0.324 e. The highest BCUT2D eigenvalue weighted by Crippen LogP contribution is 2.25. The lowest BCUT2D eigenvalue weighted by Gasteiger charge is -2.29. The summed E-state index contributed by atoms with van der Waals surface area (Å²) in [6, 6.07) is 10.0. The number of amides is 1. The molecule has 0 saturated carbocycles. The quantitative estimate of drug-likeness (QED) is 0.761. The van der Waals surface area contributed by atoms with Gasteiger partial charge in [-0.1, -0.05) is 22.0 Å². The first-order valence-corrected chi connectivity index (χ1v) is 10.8. The second kappa shape index (κ2) is 7.80. The maximum absolute atomic E-state index is 12.7. The van der Waals surface area contributed by atoms with E-state index in [0.717, 1.165) is 31.7 Å². The van der Waals surface area contributed by atoms with Gasteiger partial charge in [0.2, 0.25) is 15.9 Å². The summed E-state index contributed by atoms with van der Waals surface area (Å²) in [5, 5.41) is 2.80. The van der Waals surface area contributed by atoms with Gasteiger partial charge in [0.05, 0.1) is 11.9 Å². The van der Waals surface area contributed by atoms with Crippen molar-refractivity contribution in [2.24, 2.45) is 0 Å². The van der Waals surface area contributed by atoms with Gasteiger partial charge in [0, 0.05) is 10.2 Å². The van der Waals surface area contributed by atoms with Gasteiger partial charge in [-0.25, -0.2) is 8.42 Å². The third kappa shape index (κ3) is 4.86. The SMILES string of the molecule is Cc1cc(C)cc(N([C@@H](C)C(=O)Nc2ccc(Br)c(C)c2)S(C)(=O)=O)c1. The van der Waals surface area contributed by atoms with Crippen LogP contribution in [0.25, 0.3) is 0 Å². The Hall–Kier alpha value is -1.86. The summed E-state index contributed by atoms with van der Waals surface area (Å²) in [5.41, 5.74) is 3.95. The Kier molecular flexibility index (Phi) is 6.13. The number of hydrogen-bond acceptors (Lipinski definition) is 3. The van der Waals surface area contributed by atoms with Crippen molar-refractivity contribution in [2.45, 2.75) is 33.7 Å². The van der Waals surface area contributed by atoms with Gasteiger partial charge in [-0.2, -0.15) is 0 Å². The summed E-state index contributed by atoms with van der Waals surface area (Å²) in [6.07, 6.45) is 1.11. The molecule has 7 heteroatoms. The van der Waals surface area contributed by atoms with Gasteiger partial charge >= 0.3 is 0 Å². The van der Waals surface area contributed by atoms with E-state index < -0.39 is 22.0 Å². The molecule has 2 aromatic carbocycles. The molecule has 2 rings (SSSR count). The fourth-order valence-corrected chi connectivity index (χ4v) is 4.26. The number of aryl methyl sites for hydroxylation is 3. The van der Waals surface area contributed by atoms with Gasteiger partial charge in [-0.3, -0.25) is 9.10 Å². The number of hydrogen-bond donors (Lipinski definition) is 1. The molecule has 0 bridgehead atoms. The Bertz CT molecular complexity index is 922. The monoisotopic (exact) mass is 438 g/mol. The number of sulfonamides is 1. The molecular formula is C19H23BrN2O3S. The van der Waals surface area contributed by atoms with Gasteiger partial charge in [0.25, 0.3) is 0 Å². The van der Waals surface area contributed by atoms with Crippen LogP contribution >= 0.6 is 15.9 Å². The molecule has 0 fully saturated rings. The molecule has 26 heavy (non-hydrogen) atoms. The van der Waals surface area contributed by atoms with E-state index in [2.05, 4.69) is 21.2 Å². The van der Waals surface area contributed by atoms with E-state index >= 15 is 0 Å². The van der Waals surface area contributed by atoms with Crippen molar-refractivity contribution in [1.29, 1.82) is 0 Å². The molecule has 5 nitrogen and oxygen atoms in total. The van der Waals surface area contributed by atoms with Crippen molar-refractivity contribution in [3.05, 3.63) is 57.6 Å². The summed E-state index contributed by atoms with van der Waals surface area (Å²) in [7, 11) is -3.64. The largest absolute Gasteiger partial charge is 0.324 e. The topological polar surface area (TPSA) is 66.5 Å². The molecule has 0 saturated heterocycles. The Labute approximate surface area is 163 Å². The summed E-state index contributed by atoms with van der Waals surface area (Å²) in [6.45, 7) is 7.29. The van der Waals surface area contributed by atoms with Crippen molar-refractivity contribution in [3.63, 3.8) is 0 Å². The standard InChI is InChI=1S/C19H23BrN2O3S/c1-12-8-13(2)10-17(9-12)22(26(5,24)25)15(4)19(23)21-16-6-7-18(20)14(3)11-16/h6-11,15H,1-5H3,(H,21,23)/t15-/m0/s1. The molecule has 140 valence electrons. The van der Waals surface area contributed by atoms with Crippen LogP contribution in [-0.4, -0.2) is 26.6 Å². The number of carbonyl (C=O) groups excluding carboxylic acids is 1. The van der Waals surface area contributed by atoms with Gasteiger partial charge in [-0.15, -0.1) is 0 Å². The Morgan fingerprint density at radius 3 is 2.15 bits per heavy atom. The van der Waals surface area contributed by atoms with E-state index in [4.69, 9.17) is 0 Å². The number of rotatable bonds is 5. The number of nitrogens with one attached hydrogen (secondary N) is 1. The molecule has 1 amide bonds. The van der Waals surface area contributed by atoms with E-state index in [9.17, 15) is 13.2 Å². The first kappa shape index (κ1) is 20.5. The average Bonchev–Trinajstić information content (AvgIpc) is 2.48. The number of halogens is 1. The molecule has 1 N–H and O–H groups in total. The molecule has 0 aliphatic carbocycles. The van der Waals surface area contributed by atoms with Crippen LogP contribution in [0, 0.1) is 20.8 Å². The van der Waals surface area contributed by atoms with Crippen LogP contribution in [0.15, 0.2) is 40.9 Å². The molecule has 0 unspecified atom stereocenters. The fraction of sp³-hybridized carbons (Fsp3) is 0.316. The summed E-state index contributed by atoms with van der Waals surface area (Å²) < 4.78 is 26.9. The van der Waals surface area contributed by atoms with E-state index in [1.165, 1.54) is 0 Å². The van der Waals surface area contributed by atoms with Crippen LogP contribution in [0.3, 0.4) is 0 Å². The molecule has 0 aliphatic rings. The lowest BCUT2D eigenvalue weighted by molar-refractivity contribution is -0.116. The summed E-state index contributed by atoms with van der Waals surface area (Å²) in [5.74, 6) is -0.392. The Balaban J connectivity index is 2.35. The normalized spacial score (nSPS) is 12.5. The highest BCUT2D eigenvalue weighted by molar-refractivity contribution is 9.10. The lowest BCUT2D eigenvalue weighted by atomic mass is 10.1. The van der Waals surface area contributed by atoms with Crippen LogP contribution in [-0.2, 0) is 14.8 Å². The second-order valence-corrected chi connectivity index (χ2v) is 9.25. The molecule has 0 aliphatic heterocycles. The van der Waals surface area contributed by atoms with Gasteiger partial charge in [-0.05, 0) is 74.7 Å². The van der Waals surface area contributed by atoms with Gasteiger partial charge < -0.3 is 5.32 Å². The zero-order valence-corrected chi connectivity index (χ0v) is 17.9. The Morgan fingerprint density at radius 2 is 1.65 bits per heavy atom. The molecule has 1 atom stereocenters. The van der Waals surface area contributed by atoms with Crippen LogP contribution < -0.4 is 9.62 Å². The molecule has 0 radical (unpaired) electrons. The van der Waals surface area contributed by atoms with Crippen LogP contribution in [0.1, 0.15) is 23.6 Å². The maximum atomic E-state index is 12.7. The van der Waals surface area contributed by atoms with E-state index in [1.807, 2.05) is 39.0 Å². The van der Waals surface area contributed by atoms with Crippen molar-refractivity contribution in [2.75, 3.05) is 15.9 Å². The van der Waals surface area contributed by atoms with Crippen molar-refractivity contribution in [3.8, 4) is 0 Å². The molecule has 0 aromatic heterocycles. The molecule has 0 spiro atoms. The fourth-order valence-electron chi connectivity index (χ4n) is 2.86.